The molecule has 1 aliphatic heterocycles. The third-order valence-corrected chi connectivity index (χ3v) is 8.26. The summed E-state index contributed by atoms with van der Waals surface area (Å²) >= 11 is 0. The van der Waals surface area contributed by atoms with Crippen LogP contribution in [0.25, 0.3) is 5.57 Å². The Labute approximate surface area is 167 Å². The SMILES string of the molecule is CN1CCC2(C)C(=CC1=O)CCC1C3=CC=C(c4cnccn4)C3(C)CCC12. The molecule has 4 heteroatoms. The van der Waals surface area contributed by atoms with Gasteiger partial charge in [-0.15, -0.1) is 0 Å². The number of nitrogens with zero attached hydrogens (tertiary/aromatic N) is 3. The van der Waals surface area contributed by atoms with Crippen LogP contribution in [0, 0.1) is 22.7 Å². The molecule has 4 atom stereocenters. The van der Waals surface area contributed by atoms with Crippen LogP contribution < -0.4 is 0 Å². The Morgan fingerprint density at radius 2 is 2.00 bits per heavy atom. The van der Waals surface area contributed by atoms with Gasteiger partial charge in [0.15, 0.2) is 0 Å². The van der Waals surface area contributed by atoms with Crippen molar-refractivity contribution in [1.29, 1.82) is 0 Å². The van der Waals surface area contributed by atoms with E-state index in [9.17, 15) is 4.79 Å². The maximum atomic E-state index is 12.4. The topological polar surface area (TPSA) is 46.1 Å². The first-order valence-corrected chi connectivity index (χ1v) is 10.6. The summed E-state index contributed by atoms with van der Waals surface area (Å²) in [5, 5.41) is 0. The molecule has 4 unspecified atom stereocenters. The van der Waals surface area contributed by atoms with Crippen molar-refractivity contribution in [3.63, 3.8) is 0 Å². The van der Waals surface area contributed by atoms with Crippen molar-refractivity contribution < 1.29 is 4.79 Å². The minimum Gasteiger partial charge on any atom is -0.342 e. The lowest BCUT2D eigenvalue weighted by Crippen LogP contribution is -2.46. The van der Waals surface area contributed by atoms with Gasteiger partial charge in [-0.1, -0.05) is 37.1 Å². The Morgan fingerprint density at radius 1 is 1.14 bits per heavy atom. The fourth-order valence-electron chi connectivity index (χ4n) is 6.48. The summed E-state index contributed by atoms with van der Waals surface area (Å²) < 4.78 is 0. The Morgan fingerprint density at radius 3 is 2.79 bits per heavy atom. The van der Waals surface area contributed by atoms with Crippen molar-refractivity contribution >= 4 is 11.5 Å². The van der Waals surface area contributed by atoms with Crippen LogP contribution in [0.5, 0.6) is 0 Å². The van der Waals surface area contributed by atoms with E-state index in [4.69, 9.17) is 0 Å². The molecule has 146 valence electrons. The Hall–Kier alpha value is -2.23. The number of aromatic nitrogens is 2. The van der Waals surface area contributed by atoms with Gasteiger partial charge in [-0.3, -0.25) is 14.8 Å². The summed E-state index contributed by atoms with van der Waals surface area (Å²) in [6.07, 6.45) is 17.7. The minimum atomic E-state index is 0.0755. The molecule has 0 radical (unpaired) electrons. The van der Waals surface area contributed by atoms with Gasteiger partial charge in [-0.05, 0) is 54.9 Å². The molecule has 1 aromatic heterocycles. The first-order valence-electron chi connectivity index (χ1n) is 10.6. The van der Waals surface area contributed by atoms with Crippen LogP contribution >= 0.6 is 0 Å². The molecule has 5 rings (SSSR count). The number of hydrogen-bond acceptors (Lipinski definition) is 3. The van der Waals surface area contributed by atoms with Gasteiger partial charge in [0, 0.05) is 37.5 Å². The van der Waals surface area contributed by atoms with Gasteiger partial charge in [0.25, 0.3) is 0 Å². The smallest absolute Gasteiger partial charge is 0.246 e. The zero-order valence-corrected chi connectivity index (χ0v) is 17.1. The van der Waals surface area contributed by atoms with E-state index in [0.717, 1.165) is 37.9 Å². The molecule has 3 aliphatic carbocycles. The van der Waals surface area contributed by atoms with E-state index in [2.05, 4.69) is 36.0 Å². The highest BCUT2D eigenvalue weighted by atomic mass is 16.2. The monoisotopic (exact) mass is 375 g/mol. The van der Waals surface area contributed by atoms with E-state index in [-0.39, 0.29) is 16.7 Å². The standard InChI is InChI=1S/C24H29N3O/c1-23-10-13-27(3)22(28)14-16(23)4-5-17-18-6-7-20(21-15-25-11-12-26-21)24(18,2)9-8-19(17)23/h6-7,11-12,14-15,17,19H,4-5,8-10,13H2,1-3H3. The van der Waals surface area contributed by atoms with Crippen molar-refractivity contribution in [3.8, 4) is 0 Å². The number of rotatable bonds is 1. The summed E-state index contributed by atoms with van der Waals surface area (Å²) in [5.74, 6) is 1.41. The quantitative estimate of drug-likeness (QED) is 0.730. The van der Waals surface area contributed by atoms with Crippen molar-refractivity contribution in [2.75, 3.05) is 13.6 Å². The van der Waals surface area contributed by atoms with E-state index >= 15 is 0 Å². The van der Waals surface area contributed by atoms with Crippen LogP contribution in [0.2, 0.25) is 0 Å². The predicted molar refractivity (Wildman–Crippen MR) is 110 cm³/mol. The molecular weight excluding hydrogens is 346 g/mol. The molecular formula is C24H29N3O. The normalized spacial score (nSPS) is 37.2. The molecule has 0 saturated heterocycles. The molecule has 1 amide bonds. The second-order valence-corrected chi connectivity index (χ2v) is 9.51. The third-order valence-electron chi connectivity index (χ3n) is 8.26. The molecule has 4 nitrogen and oxygen atoms in total. The summed E-state index contributed by atoms with van der Waals surface area (Å²) in [6.45, 7) is 5.69. The van der Waals surface area contributed by atoms with Crippen LogP contribution in [-0.2, 0) is 4.79 Å². The van der Waals surface area contributed by atoms with Crippen LogP contribution in [0.4, 0.5) is 0 Å². The Balaban J connectivity index is 1.49. The maximum absolute atomic E-state index is 12.4. The largest absolute Gasteiger partial charge is 0.342 e. The highest BCUT2D eigenvalue weighted by molar-refractivity contribution is 5.88. The molecule has 0 spiro atoms. The summed E-state index contributed by atoms with van der Waals surface area (Å²) in [5.41, 5.74) is 5.55. The molecule has 2 fully saturated rings. The molecule has 28 heavy (non-hydrogen) atoms. The van der Waals surface area contributed by atoms with E-state index in [1.807, 2.05) is 24.2 Å². The zero-order chi connectivity index (χ0) is 19.5. The van der Waals surface area contributed by atoms with E-state index in [0.29, 0.717) is 11.8 Å². The van der Waals surface area contributed by atoms with E-state index in [1.165, 1.54) is 17.6 Å². The molecule has 4 aliphatic rings. The van der Waals surface area contributed by atoms with Crippen molar-refractivity contribution in [1.82, 2.24) is 14.9 Å². The highest BCUT2D eigenvalue weighted by Crippen LogP contribution is 2.64. The van der Waals surface area contributed by atoms with Crippen molar-refractivity contribution in [3.05, 3.63) is 53.7 Å². The molecule has 2 heterocycles. The minimum absolute atomic E-state index is 0.0755. The molecule has 0 bridgehead atoms. The first-order chi connectivity index (χ1) is 13.4. The lowest BCUT2D eigenvalue weighted by Gasteiger charge is -2.55. The number of likely N-dealkylation sites (N-methyl/N-ethyl adjacent to an activating group) is 1. The molecule has 2 saturated carbocycles. The lowest BCUT2D eigenvalue weighted by molar-refractivity contribution is -0.124. The predicted octanol–water partition coefficient (Wildman–Crippen LogP) is 4.42. The first kappa shape index (κ1) is 17.8. The van der Waals surface area contributed by atoms with E-state index in [1.54, 1.807) is 18.0 Å². The van der Waals surface area contributed by atoms with Gasteiger partial charge in [0.2, 0.25) is 5.91 Å². The highest BCUT2D eigenvalue weighted by Gasteiger charge is 2.54. The second-order valence-electron chi connectivity index (χ2n) is 9.51. The number of carbonyl (C=O) groups is 1. The van der Waals surface area contributed by atoms with Gasteiger partial charge in [-0.2, -0.15) is 0 Å². The van der Waals surface area contributed by atoms with Gasteiger partial charge in [-0.25, -0.2) is 0 Å². The van der Waals surface area contributed by atoms with Gasteiger partial charge in [0.1, 0.15) is 0 Å². The second kappa shape index (κ2) is 6.13. The van der Waals surface area contributed by atoms with Crippen LogP contribution in [0.1, 0.15) is 51.6 Å². The van der Waals surface area contributed by atoms with Crippen LogP contribution in [-0.4, -0.2) is 34.4 Å². The van der Waals surface area contributed by atoms with Gasteiger partial charge < -0.3 is 4.90 Å². The molecule has 0 N–H and O–H groups in total. The van der Waals surface area contributed by atoms with Gasteiger partial charge >= 0.3 is 0 Å². The van der Waals surface area contributed by atoms with Crippen LogP contribution in [0.15, 0.2) is 48.0 Å². The number of amides is 1. The van der Waals surface area contributed by atoms with Crippen molar-refractivity contribution in [2.45, 2.75) is 46.0 Å². The fraction of sp³-hybridized carbons (Fsp3) is 0.542. The van der Waals surface area contributed by atoms with Crippen molar-refractivity contribution in [2.24, 2.45) is 22.7 Å². The summed E-state index contributed by atoms with van der Waals surface area (Å²) in [6, 6.07) is 0. The van der Waals surface area contributed by atoms with Gasteiger partial charge in [0.05, 0.1) is 11.9 Å². The zero-order valence-electron chi connectivity index (χ0n) is 17.1. The molecule has 0 aromatic carbocycles. The lowest BCUT2D eigenvalue weighted by atomic mass is 9.49. The average molecular weight is 376 g/mol. The van der Waals surface area contributed by atoms with Crippen LogP contribution in [0.3, 0.4) is 0 Å². The summed E-state index contributed by atoms with van der Waals surface area (Å²) in [7, 11) is 1.94. The fourth-order valence-corrected chi connectivity index (χ4v) is 6.48. The molecule has 1 aromatic rings. The third kappa shape index (κ3) is 2.39. The number of fused-ring (bicyclic) bond motifs is 5. The number of hydrogen-bond donors (Lipinski definition) is 0. The Kier molecular flexibility index (Phi) is 3.91. The average Bonchev–Trinajstić information content (AvgIpc) is 3.00. The number of carbonyl (C=O) groups excluding carboxylic acids is 1. The summed E-state index contributed by atoms with van der Waals surface area (Å²) in [4.78, 5) is 23.2. The Bertz CT molecular complexity index is 915. The maximum Gasteiger partial charge on any atom is 0.246 e. The number of allylic oxidation sites excluding steroid dienone is 5. The van der Waals surface area contributed by atoms with E-state index < -0.39 is 0 Å².